The van der Waals surface area contributed by atoms with E-state index in [9.17, 15) is 19.5 Å². The van der Waals surface area contributed by atoms with Gasteiger partial charge in [-0.1, -0.05) is 47.5 Å². The summed E-state index contributed by atoms with van der Waals surface area (Å²) in [6.07, 6.45) is 1.36. The number of nitrogens with zero attached hydrogens (tertiary/aromatic N) is 2. The van der Waals surface area contributed by atoms with Gasteiger partial charge in [0, 0.05) is 38.2 Å². The van der Waals surface area contributed by atoms with Gasteiger partial charge in [0.1, 0.15) is 16.9 Å². The van der Waals surface area contributed by atoms with E-state index < -0.39 is 24.2 Å². The smallest absolute Gasteiger partial charge is 0.303 e. The van der Waals surface area contributed by atoms with Gasteiger partial charge in [-0.05, 0) is 18.3 Å². The standard InChI is InChI=1S/C23H39N3O5S/c1-8-10-20(28)25-22(30)17-13-32-23(24-17)19(31-16(6)27)12-18(14(3)4)26(7)21(29)11-15(5)9-2/h13-15,18-20,28H,8-12H2,1-7H3,(H,25,30)/t15-,18+,19+,20?/m0/s1. The van der Waals surface area contributed by atoms with Crippen molar-refractivity contribution in [3.63, 3.8) is 0 Å². The number of carbonyl (C=O) groups is 3. The fourth-order valence-corrected chi connectivity index (χ4v) is 4.22. The Morgan fingerprint density at radius 3 is 2.44 bits per heavy atom. The monoisotopic (exact) mass is 469 g/mol. The van der Waals surface area contributed by atoms with Crippen molar-refractivity contribution < 1.29 is 24.2 Å². The molecular formula is C23H39N3O5S. The molecule has 0 aliphatic carbocycles. The third-order valence-electron chi connectivity index (χ3n) is 5.53. The molecule has 1 rings (SSSR count). The van der Waals surface area contributed by atoms with Crippen LogP contribution >= 0.6 is 11.3 Å². The molecule has 1 unspecified atom stereocenters. The lowest BCUT2D eigenvalue weighted by Crippen LogP contribution is -2.42. The molecule has 0 aliphatic rings. The quantitative estimate of drug-likeness (QED) is 0.335. The number of rotatable bonds is 13. The number of esters is 1. The van der Waals surface area contributed by atoms with Gasteiger partial charge in [-0.15, -0.1) is 11.3 Å². The Hall–Kier alpha value is -2.00. The first-order valence-corrected chi connectivity index (χ1v) is 12.2. The van der Waals surface area contributed by atoms with Crippen molar-refractivity contribution in [3.8, 4) is 0 Å². The molecule has 0 saturated carbocycles. The molecule has 182 valence electrons. The minimum Gasteiger partial charge on any atom is -0.455 e. The van der Waals surface area contributed by atoms with Crippen LogP contribution in [0.5, 0.6) is 0 Å². The number of aliphatic hydroxyl groups is 1. The summed E-state index contributed by atoms with van der Waals surface area (Å²) in [4.78, 5) is 43.0. The lowest BCUT2D eigenvalue weighted by atomic mass is 9.95. The highest BCUT2D eigenvalue weighted by Crippen LogP contribution is 2.30. The highest BCUT2D eigenvalue weighted by Gasteiger charge is 2.31. The summed E-state index contributed by atoms with van der Waals surface area (Å²) in [5, 5.41) is 14.4. The van der Waals surface area contributed by atoms with Gasteiger partial charge in [-0.3, -0.25) is 14.4 Å². The first kappa shape index (κ1) is 28.0. The molecule has 1 heterocycles. The molecule has 4 atom stereocenters. The number of amides is 2. The molecule has 1 aromatic heterocycles. The molecule has 0 radical (unpaired) electrons. The Kier molecular flexibility index (Phi) is 11.8. The van der Waals surface area contributed by atoms with Crippen molar-refractivity contribution in [1.29, 1.82) is 0 Å². The maximum absolute atomic E-state index is 12.8. The molecule has 8 nitrogen and oxygen atoms in total. The second kappa shape index (κ2) is 13.5. The fourth-order valence-electron chi connectivity index (χ4n) is 3.38. The van der Waals surface area contributed by atoms with E-state index in [1.807, 2.05) is 20.8 Å². The minimum absolute atomic E-state index is 0.0590. The molecular weight excluding hydrogens is 430 g/mol. The van der Waals surface area contributed by atoms with E-state index in [1.165, 1.54) is 18.3 Å². The van der Waals surface area contributed by atoms with E-state index in [0.717, 1.165) is 12.8 Å². The lowest BCUT2D eigenvalue weighted by molar-refractivity contribution is -0.148. The molecule has 0 fully saturated rings. The van der Waals surface area contributed by atoms with Crippen LogP contribution in [0.2, 0.25) is 0 Å². The Morgan fingerprint density at radius 2 is 1.91 bits per heavy atom. The SMILES string of the molecule is CCCC(O)NC(=O)c1csc([C@@H](C[C@H](C(C)C)N(C)C(=O)C[C@@H](C)CC)OC(C)=O)n1. The first-order chi connectivity index (χ1) is 15.0. The molecule has 0 aliphatic heterocycles. The Labute approximate surface area is 195 Å². The van der Waals surface area contributed by atoms with Gasteiger partial charge < -0.3 is 20.1 Å². The normalized spacial score (nSPS) is 15.0. The average molecular weight is 470 g/mol. The second-order valence-corrected chi connectivity index (χ2v) is 9.61. The van der Waals surface area contributed by atoms with Gasteiger partial charge in [-0.2, -0.15) is 0 Å². The number of aromatic nitrogens is 1. The topological polar surface area (TPSA) is 109 Å². The van der Waals surface area contributed by atoms with Crippen LogP contribution in [0.4, 0.5) is 0 Å². The van der Waals surface area contributed by atoms with Crippen LogP contribution in [-0.2, 0) is 14.3 Å². The third kappa shape index (κ3) is 8.86. The summed E-state index contributed by atoms with van der Waals surface area (Å²) in [5.41, 5.74) is 0.166. The first-order valence-electron chi connectivity index (χ1n) is 11.4. The Balaban J connectivity index is 3.04. The van der Waals surface area contributed by atoms with Crippen molar-refractivity contribution in [3.05, 3.63) is 16.1 Å². The van der Waals surface area contributed by atoms with E-state index in [1.54, 1.807) is 17.3 Å². The third-order valence-corrected chi connectivity index (χ3v) is 6.47. The van der Waals surface area contributed by atoms with Gasteiger partial charge >= 0.3 is 5.97 Å². The average Bonchev–Trinajstić information content (AvgIpc) is 3.20. The summed E-state index contributed by atoms with van der Waals surface area (Å²) in [7, 11) is 1.79. The zero-order valence-electron chi connectivity index (χ0n) is 20.4. The van der Waals surface area contributed by atoms with Crippen LogP contribution in [0.3, 0.4) is 0 Å². The zero-order chi connectivity index (χ0) is 24.4. The van der Waals surface area contributed by atoms with Crippen molar-refractivity contribution in [1.82, 2.24) is 15.2 Å². The van der Waals surface area contributed by atoms with E-state index in [0.29, 0.717) is 30.2 Å². The van der Waals surface area contributed by atoms with Crippen LogP contribution < -0.4 is 5.32 Å². The van der Waals surface area contributed by atoms with Gasteiger partial charge in [0.25, 0.3) is 5.91 Å². The Morgan fingerprint density at radius 1 is 1.25 bits per heavy atom. The number of aliphatic hydroxyl groups excluding tert-OH is 1. The summed E-state index contributed by atoms with van der Waals surface area (Å²) in [6.45, 7) is 11.4. The molecule has 1 aromatic rings. The highest BCUT2D eigenvalue weighted by atomic mass is 32.1. The molecule has 0 saturated heterocycles. The van der Waals surface area contributed by atoms with E-state index in [2.05, 4.69) is 24.1 Å². The van der Waals surface area contributed by atoms with E-state index in [4.69, 9.17) is 4.74 Å². The van der Waals surface area contributed by atoms with Crippen LogP contribution in [0, 0.1) is 11.8 Å². The number of hydrogen-bond acceptors (Lipinski definition) is 7. The summed E-state index contributed by atoms with van der Waals surface area (Å²) in [5.74, 6) is -0.443. The zero-order valence-corrected chi connectivity index (χ0v) is 21.2. The van der Waals surface area contributed by atoms with Crippen LogP contribution in [0.1, 0.15) is 95.2 Å². The molecule has 2 N–H and O–H groups in total. The van der Waals surface area contributed by atoms with Crippen molar-refractivity contribution in [2.45, 2.75) is 92.0 Å². The number of hydrogen-bond donors (Lipinski definition) is 2. The summed E-state index contributed by atoms with van der Waals surface area (Å²) >= 11 is 1.22. The predicted molar refractivity (Wildman–Crippen MR) is 125 cm³/mol. The molecule has 2 amide bonds. The minimum atomic E-state index is -0.933. The maximum Gasteiger partial charge on any atom is 0.303 e. The largest absolute Gasteiger partial charge is 0.455 e. The predicted octanol–water partition coefficient (Wildman–Crippen LogP) is 3.90. The van der Waals surface area contributed by atoms with Crippen LogP contribution in [0.25, 0.3) is 0 Å². The van der Waals surface area contributed by atoms with Crippen LogP contribution in [-0.4, -0.2) is 52.1 Å². The summed E-state index contributed by atoms with van der Waals surface area (Å²) in [6, 6.07) is -0.163. The van der Waals surface area contributed by atoms with E-state index >= 15 is 0 Å². The number of thiazole rings is 1. The summed E-state index contributed by atoms with van der Waals surface area (Å²) < 4.78 is 5.55. The number of nitrogens with one attached hydrogen (secondary N) is 1. The van der Waals surface area contributed by atoms with Crippen molar-refractivity contribution in [2.75, 3.05) is 7.05 Å². The maximum atomic E-state index is 12.8. The molecule has 0 spiro atoms. The molecule has 9 heteroatoms. The van der Waals surface area contributed by atoms with Gasteiger partial charge in [0.15, 0.2) is 6.10 Å². The van der Waals surface area contributed by atoms with Crippen LogP contribution in [0.15, 0.2) is 5.38 Å². The second-order valence-electron chi connectivity index (χ2n) is 8.72. The highest BCUT2D eigenvalue weighted by molar-refractivity contribution is 7.09. The van der Waals surface area contributed by atoms with Gasteiger partial charge in [0.2, 0.25) is 5.91 Å². The van der Waals surface area contributed by atoms with Crippen molar-refractivity contribution in [2.24, 2.45) is 11.8 Å². The van der Waals surface area contributed by atoms with Crippen molar-refractivity contribution >= 4 is 29.1 Å². The lowest BCUT2D eigenvalue weighted by Gasteiger charge is -2.34. The van der Waals surface area contributed by atoms with Gasteiger partial charge in [-0.25, -0.2) is 4.98 Å². The molecule has 32 heavy (non-hydrogen) atoms. The molecule has 0 aromatic carbocycles. The van der Waals surface area contributed by atoms with E-state index in [-0.39, 0.29) is 23.6 Å². The number of ether oxygens (including phenoxy) is 1. The molecule has 0 bridgehead atoms. The Bertz CT molecular complexity index is 752. The fraction of sp³-hybridized carbons (Fsp3) is 0.739. The van der Waals surface area contributed by atoms with Gasteiger partial charge in [0.05, 0.1) is 0 Å². The number of carbonyl (C=O) groups excluding carboxylic acids is 3.